The number of piperidine rings is 1. The van der Waals surface area contributed by atoms with Gasteiger partial charge in [0.2, 0.25) is 15.9 Å². The van der Waals surface area contributed by atoms with Crippen LogP contribution in [0, 0.1) is 12.8 Å². The lowest BCUT2D eigenvalue weighted by Crippen LogP contribution is -2.40. The molecule has 146 valence electrons. The van der Waals surface area contributed by atoms with Gasteiger partial charge >= 0.3 is 0 Å². The first-order valence-corrected chi connectivity index (χ1v) is 10.7. The highest BCUT2D eigenvalue weighted by Gasteiger charge is 2.22. The van der Waals surface area contributed by atoms with Crippen LogP contribution in [0.1, 0.15) is 31.7 Å². The highest BCUT2D eigenvalue weighted by Crippen LogP contribution is 2.16. The lowest BCUT2D eigenvalue weighted by molar-refractivity contribution is -0.121. The van der Waals surface area contributed by atoms with Gasteiger partial charge in [-0.3, -0.25) is 4.79 Å². The summed E-state index contributed by atoms with van der Waals surface area (Å²) >= 11 is 0. The summed E-state index contributed by atoms with van der Waals surface area (Å²) in [5, 5.41) is 2.83. The molecule has 0 radical (unpaired) electrons. The fourth-order valence-electron chi connectivity index (χ4n) is 3.25. The zero-order valence-corrected chi connectivity index (χ0v) is 16.9. The van der Waals surface area contributed by atoms with E-state index < -0.39 is 10.0 Å². The lowest BCUT2D eigenvalue weighted by Gasteiger charge is -2.30. The topological polar surface area (TPSA) is 69.7 Å². The molecule has 0 saturated carbocycles. The summed E-state index contributed by atoms with van der Waals surface area (Å²) in [4.78, 5) is 14.7. The van der Waals surface area contributed by atoms with Gasteiger partial charge in [0.25, 0.3) is 0 Å². The van der Waals surface area contributed by atoms with Crippen LogP contribution in [-0.2, 0) is 14.8 Å². The highest BCUT2D eigenvalue weighted by molar-refractivity contribution is 7.89. The minimum atomic E-state index is -3.64. The van der Waals surface area contributed by atoms with Gasteiger partial charge < -0.3 is 10.2 Å². The molecule has 1 aromatic rings. The van der Waals surface area contributed by atoms with E-state index in [1.54, 1.807) is 24.3 Å². The molecule has 1 unspecified atom stereocenters. The Bertz CT molecular complexity index is 688. The number of nitrogens with one attached hydrogen (secondary N) is 1. The third-order valence-electron chi connectivity index (χ3n) is 4.81. The molecule has 1 aliphatic heterocycles. The molecule has 1 aromatic carbocycles. The van der Waals surface area contributed by atoms with E-state index >= 15 is 0 Å². The predicted molar refractivity (Wildman–Crippen MR) is 103 cm³/mol. The van der Waals surface area contributed by atoms with Crippen molar-refractivity contribution in [3.05, 3.63) is 29.8 Å². The fourth-order valence-corrected chi connectivity index (χ4v) is 4.38. The van der Waals surface area contributed by atoms with Gasteiger partial charge in [0.15, 0.2) is 0 Å². The van der Waals surface area contributed by atoms with E-state index in [9.17, 15) is 13.2 Å². The van der Waals surface area contributed by atoms with E-state index in [1.165, 1.54) is 19.9 Å². The quantitative estimate of drug-likeness (QED) is 0.698. The van der Waals surface area contributed by atoms with Crippen molar-refractivity contribution in [2.45, 2.75) is 38.0 Å². The molecule has 6 nitrogen and oxygen atoms in total. The zero-order valence-electron chi connectivity index (χ0n) is 16.1. The van der Waals surface area contributed by atoms with Crippen LogP contribution in [0.25, 0.3) is 0 Å². The van der Waals surface area contributed by atoms with Crippen LogP contribution in [0.15, 0.2) is 29.2 Å². The number of likely N-dealkylation sites (tertiary alicyclic amines) is 1. The third-order valence-corrected chi connectivity index (χ3v) is 6.63. The van der Waals surface area contributed by atoms with Crippen LogP contribution in [0.4, 0.5) is 0 Å². The SMILES string of the molecule is Cc1ccc(S(=O)(=O)N(C)CC(=O)NCCCN2CCCC(C)C2)cc1. The monoisotopic (exact) mass is 381 g/mol. The number of carbonyl (C=O) groups excluding carboxylic acids is 1. The second-order valence-corrected chi connectivity index (χ2v) is 9.37. The third kappa shape index (κ3) is 6.07. The Kier molecular flexibility index (Phi) is 7.61. The minimum Gasteiger partial charge on any atom is -0.355 e. The summed E-state index contributed by atoms with van der Waals surface area (Å²) in [6.45, 7) is 7.82. The number of rotatable bonds is 8. The van der Waals surface area contributed by atoms with Gasteiger partial charge in [-0.25, -0.2) is 8.42 Å². The van der Waals surface area contributed by atoms with Gasteiger partial charge in [0.05, 0.1) is 11.4 Å². The summed E-state index contributed by atoms with van der Waals surface area (Å²) in [6.07, 6.45) is 3.43. The van der Waals surface area contributed by atoms with Gasteiger partial charge in [-0.1, -0.05) is 24.6 Å². The Morgan fingerprint density at radius 2 is 2.00 bits per heavy atom. The van der Waals surface area contributed by atoms with Gasteiger partial charge in [-0.2, -0.15) is 4.31 Å². The number of hydrogen-bond acceptors (Lipinski definition) is 4. The highest BCUT2D eigenvalue weighted by atomic mass is 32.2. The molecule has 1 saturated heterocycles. The molecule has 1 aliphatic rings. The van der Waals surface area contributed by atoms with Gasteiger partial charge in [-0.05, 0) is 57.3 Å². The van der Waals surface area contributed by atoms with Gasteiger partial charge in [0, 0.05) is 20.1 Å². The molecular formula is C19H31N3O3S. The van der Waals surface area contributed by atoms with E-state index in [-0.39, 0.29) is 17.3 Å². The summed E-state index contributed by atoms with van der Waals surface area (Å²) in [6, 6.07) is 6.64. The van der Waals surface area contributed by atoms with Crippen molar-refractivity contribution >= 4 is 15.9 Å². The Balaban J connectivity index is 1.73. The first-order valence-electron chi connectivity index (χ1n) is 9.31. The van der Waals surface area contributed by atoms with Crippen molar-refractivity contribution in [1.29, 1.82) is 0 Å². The van der Waals surface area contributed by atoms with Crippen LogP contribution in [0.2, 0.25) is 0 Å². The van der Waals surface area contributed by atoms with Crippen molar-refractivity contribution in [2.24, 2.45) is 5.92 Å². The smallest absolute Gasteiger partial charge is 0.243 e. The molecule has 1 atom stereocenters. The van der Waals surface area contributed by atoms with Crippen LogP contribution in [0.5, 0.6) is 0 Å². The number of hydrogen-bond donors (Lipinski definition) is 1. The molecule has 7 heteroatoms. The van der Waals surface area contributed by atoms with Crippen LogP contribution >= 0.6 is 0 Å². The molecule has 2 rings (SSSR count). The number of likely N-dealkylation sites (N-methyl/N-ethyl adjacent to an activating group) is 1. The molecule has 26 heavy (non-hydrogen) atoms. The van der Waals surface area contributed by atoms with Gasteiger partial charge in [-0.15, -0.1) is 0 Å². The Hall–Kier alpha value is -1.44. The number of benzene rings is 1. The number of nitrogens with zero attached hydrogens (tertiary/aromatic N) is 2. The normalized spacial score (nSPS) is 18.8. The van der Waals surface area contributed by atoms with Crippen molar-refractivity contribution in [3.8, 4) is 0 Å². The largest absolute Gasteiger partial charge is 0.355 e. The molecule has 1 heterocycles. The first-order chi connectivity index (χ1) is 12.3. The molecule has 1 amide bonds. The molecule has 0 aliphatic carbocycles. The Morgan fingerprint density at radius 1 is 1.31 bits per heavy atom. The van der Waals surface area contributed by atoms with E-state index in [4.69, 9.17) is 0 Å². The summed E-state index contributed by atoms with van der Waals surface area (Å²) < 4.78 is 26.1. The fraction of sp³-hybridized carbons (Fsp3) is 0.632. The van der Waals surface area contributed by atoms with Crippen molar-refractivity contribution in [3.63, 3.8) is 0 Å². The molecular weight excluding hydrogens is 350 g/mol. The average Bonchev–Trinajstić information content (AvgIpc) is 2.59. The number of carbonyl (C=O) groups is 1. The Morgan fingerprint density at radius 3 is 2.65 bits per heavy atom. The lowest BCUT2D eigenvalue weighted by atomic mass is 10.0. The van der Waals surface area contributed by atoms with E-state index in [1.807, 2.05) is 6.92 Å². The van der Waals surface area contributed by atoms with Crippen molar-refractivity contribution in [1.82, 2.24) is 14.5 Å². The average molecular weight is 382 g/mol. The Labute approximate surface area is 157 Å². The van der Waals surface area contributed by atoms with E-state index in [0.29, 0.717) is 6.54 Å². The summed E-state index contributed by atoms with van der Waals surface area (Å²) in [5.74, 6) is 0.481. The molecule has 0 bridgehead atoms. The van der Waals surface area contributed by atoms with Crippen molar-refractivity contribution < 1.29 is 13.2 Å². The molecule has 0 spiro atoms. The maximum absolute atomic E-state index is 12.5. The number of aryl methyl sites for hydroxylation is 1. The van der Waals surface area contributed by atoms with Crippen LogP contribution in [0.3, 0.4) is 0 Å². The second-order valence-electron chi connectivity index (χ2n) is 7.33. The number of amides is 1. The summed E-state index contributed by atoms with van der Waals surface area (Å²) in [5.41, 5.74) is 0.993. The first kappa shape index (κ1) is 20.9. The molecule has 1 N–H and O–H groups in total. The van der Waals surface area contributed by atoms with E-state index in [0.717, 1.165) is 41.8 Å². The zero-order chi connectivity index (χ0) is 19.2. The molecule has 1 fully saturated rings. The number of sulfonamides is 1. The van der Waals surface area contributed by atoms with E-state index in [2.05, 4.69) is 17.1 Å². The summed E-state index contributed by atoms with van der Waals surface area (Å²) in [7, 11) is -2.21. The van der Waals surface area contributed by atoms with Crippen LogP contribution < -0.4 is 5.32 Å². The predicted octanol–water partition coefficient (Wildman–Crippen LogP) is 1.85. The van der Waals surface area contributed by atoms with Crippen molar-refractivity contribution in [2.75, 3.05) is 39.8 Å². The maximum Gasteiger partial charge on any atom is 0.243 e. The maximum atomic E-state index is 12.5. The minimum absolute atomic E-state index is 0.170. The molecule has 0 aromatic heterocycles. The second kappa shape index (κ2) is 9.48. The van der Waals surface area contributed by atoms with Crippen LogP contribution in [-0.4, -0.2) is 63.3 Å². The standard InChI is InChI=1S/C19H31N3O3S/c1-16-7-9-18(10-8-16)26(24,25)21(3)15-19(23)20-11-5-13-22-12-4-6-17(2)14-22/h7-10,17H,4-6,11-15H2,1-3H3,(H,20,23). The van der Waals surface area contributed by atoms with Gasteiger partial charge in [0.1, 0.15) is 0 Å².